The number of hydrogen-bond donors (Lipinski definition) is 1. The molecular weight excluding hydrogens is 309 g/mol. The average Bonchev–Trinajstić information content (AvgIpc) is 2.96. The van der Waals surface area contributed by atoms with Crippen LogP contribution in [0, 0.1) is 11.7 Å². The minimum Gasteiger partial charge on any atom is -0.352 e. The molecule has 128 valence electrons. The minimum atomic E-state index is -0.651. The topological polar surface area (TPSA) is 52.7 Å². The van der Waals surface area contributed by atoms with Crippen molar-refractivity contribution in [2.45, 2.75) is 12.8 Å². The van der Waals surface area contributed by atoms with Gasteiger partial charge < -0.3 is 15.1 Å². The van der Waals surface area contributed by atoms with Crippen molar-refractivity contribution in [3.05, 3.63) is 41.7 Å². The zero-order valence-corrected chi connectivity index (χ0v) is 13.8. The number of nitrogens with zero attached hydrogens (tertiary/aromatic N) is 2. The van der Waals surface area contributed by atoms with Gasteiger partial charge in [0, 0.05) is 31.9 Å². The molecular formula is C18H22FN3O2. The van der Waals surface area contributed by atoms with E-state index in [0.29, 0.717) is 25.2 Å². The number of anilines is 1. The fraction of sp³-hybridized carbons (Fsp3) is 0.444. The summed E-state index contributed by atoms with van der Waals surface area (Å²) in [5.41, 5.74) is 1.84. The van der Waals surface area contributed by atoms with Gasteiger partial charge in [0.2, 0.25) is 11.8 Å². The first-order valence-corrected chi connectivity index (χ1v) is 8.25. The molecule has 2 amide bonds. The van der Waals surface area contributed by atoms with Crippen LogP contribution in [-0.4, -0.2) is 49.9 Å². The summed E-state index contributed by atoms with van der Waals surface area (Å²) in [5, 5.41) is 2.89. The number of benzene rings is 1. The zero-order valence-electron chi connectivity index (χ0n) is 13.8. The standard InChI is InChI=1S/C18H22FN3O2/c1-21-9-6-13(7-10-21)12-20-17(23)16-8-11-22(18(16)24)15-4-2-14(19)3-5-15/h2-6,16H,7-12H2,1H3,(H,20,23). The fourth-order valence-electron chi connectivity index (χ4n) is 3.10. The van der Waals surface area contributed by atoms with E-state index in [2.05, 4.69) is 23.3 Å². The van der Waals surface area contributed by atoms with Crippen molar-refractivity contribution in [1.82, 2.24) is 10.2 Å². The molecule has 0 spiro atoms. The number of rotatable bonds is 4. The van der Waals surface area contributed by atoms with Crippen LogP contribution >= 0.6 is 0 Å². The van der Waals surface area contributed by atoms with E-state index >= 15 is 0 Å². The van der Waals surface area contributed by atoms with Crippen molar-refractivity contribution in [3.8, 4) is 0 Å². The molecule has 1 aromatic carbocycles. The van der Waals surface area contributed by atoms with Crippen LogP contribution in [0.4, 0.5) is 10.1 Å². The molecule has 0 radical (unpaired) electrons. The van der Waals surface area contributed by atoms with Gasteiger partial charge >= 0.3 is 0 Å². The van der Waals surface area contributed by atoms with Gasteiger partial charge in [-0.3, -0.25) is 9.59 Å². The van der Waals surface area contributed by atoms with Gasteiger partial charge in [0.25, 0.3) is 0 Å². The van der Waals surface area contributed by atoms with Crippen molar-refractivity contribution in [2.75, 3.05) is 38.1 Å². The molecule has 1 fully saturated rings. The molecule has 0 aliphatic carbocycles. The first-order valence-electron chi connectivity index (χ1n) is 8.25. The van der Waals surface area contributed by atoms with Gasteiger partial charge in [-0.15, -0.1) is 0 Å². The van der Waals surface area contributed by atoms with Gasteiger partial charge in [-0.05, 0) is 44.2 Å². The lowest BCUT2D eigenvalue weighted by Gasteiger charge is -2.22. The van der Waals surface area contributed by atoms with E-state index in [1.807, 2.05) is 0 Å². The third kappa shape index (κ3) is 3.64. The molecule has 0 aromatic heterocycles. The number of amides is 2. The second-order valence-electron chi connectivity index (χ2n) is 6.40. The summed E-state index contributed by atoms with van der Waals surface area (Å²) < 4.78 is 13.0. The summed E-state index contributed by atoms with van der Waals surface area (Å²) in [4.78, 5) is 28.6. The molecule has 5 nitrogen and oxygen atoms in total. The van der Waals surface area contributed by atoms with Crippen LogP contribution in [0.15, 0.2) is 35.9 Å². The Balaban J connectivity index is 1.56. The maximum atomic E-state index is 13.0. The van der Waals surface area contributed by atoms with Gasteiger partial charge in [0.1, 0.15) is 11.7 Å². The van der Waals surface area contributed by atoms with E-state index in [0.717, 1.165) is 19.5 Å². The molecule has 6 heteroatoms. The molecule has 0 saturated carbocycles. The van der Waals surface area contributed by atoms with Crippen LogP contribution in [0.3, 0.4) is 0 Å². The number of carbonyl (C=O) groups excluding carboxylic acids is 2. The Hall–Kier alpha value is -2.21. The fourth-order valence-corrected chi connectivity index (χ4v) is 3.10. The minimum absolute atomic E-state index is 0.212. The monoisotopic (exact) mass is 331 g/mol. The van der Waals surface area contributed by atoms with Crippen LogP contribution < -0.4 is 10.2 Å². The Morgan fingerprint density at radius 1 is 1.29 bits per heavy atom. The molecule has 3 rings (SSSR count). The van der Waals surface area contributed by atoms with Crippen molar-refractivity contribution in [3.63, 3.8) is 0 Å². The van der Waals surface area contributed by atoms with Gasteiger partial charge in [0.15, 0.2) is 0 Å². The van der Waals surface area contributed by atoms with E-state index in [4.69, 9.17) is 0 Å². The Labute approximate surface area is 141 Å². The van der Waals surface area contributed by atoms with E-state index in [1.165, 1.54) is 17.7 Å². The number of hydrogen-bond acceptors (Lipinski definition) is 3. The molecule has 1 unspecified atom stereocenters. The predicted molar refractivity (Wildman–Crippen MR) is 90.1 cm³/mol. The second kappa shape index (κ2) is 7.13. The van der Waals surface area contributed by atoms with Crippen molar-refractivity contribution in [2.24, 2.45) is 5.92 Å². The quantitative estimate of drug-likeness (QED) is 0.673. The summed E-state index contributed by atoms with van der Waals surface area (Å²) in [6.07, 6.45) is 3.56. The van der Waals surface area contributed by atoms with Crippen molar-refractivity contribution in [1.29, 1.82) is 0 Å². The average molecular weight is 331 g/mol. The van der Waals surface area contributed by atoms with Crippen LogP contribution in [0.5, 0.6) is 0 Å². The molecule has 2 aliphatic heterocycles. The largest absolute Gasteiger partial charge is 0.352 e. The molecule has 1 saturated heterocycles. The van der Waals surface area contributed by atoms with Crippen LogP contribution in [-0.2, 0) is 9.59 Å². The summed E-state index contributed by atoms with van der Waals surface area (Å²) in [6, 6.07) is 5.78. The maximum Gasteiger partial charge on any atom is 0.239 e. The Bertz CT molecular complexity index is 657. The SMILES string of the molecule is CN1CC=C(CNC(=O)C2CCN(c3ccc(F)cc3)C2=O)CC1. The van der Waals surface area contributed by atoms with E-state index < -0.39 is 5.92 Å². The number of halogens is 1. The van der Waals surface area contributed by atoms with Crippen LogP contribution in [0.25, 0.3) is 0 Å². The van der Waals surface area contributed by atoms with Crippen LogP contribution in [0.2, 0.25) is 0 Å². The van der Waals surface area contributed by atoms with Gasteiger partial charge in [-0.1, -0.05) is 11.6 Å². The Morgan fingerprint density at radius 3 is 2.71 bits per heavy atom. The van der Waals surface area contributed by atoms with Crippen molar-refractivity contribution < 1.29 is 14.0 Å². The second-order valence-corrected chi connectivity index (χ2v) is 6.40. The molecule has 1 N–H and O–H groups in total. The molecule has 0 bridgehead atoms. The number of likely N-dealkylation sites (N-methyl/N-ethyl adjacent to an activating group) is 1. The normalized spacial score (nSPS) is 21.8. The summed E-state index contributed by atoms with van der Waals surface area (Å²) >= 11 is 0. The van der Waals surface area contributed by atoms with Crippen molar-refractivity contribution >= 4 is 17.5 Å². The van der Waals surface area contributed by atoms with E-state index in [-0.39, 0.29) is 17.6 Å². The number of nitrogens with one attached hydrogen (secondary N) is 1. The number of carbonyl (C=O) groups is 2. The third-order valence-electron chi connectivity index (χ3n) is 4.66. The maximum absolute atomic E-state index is 13.0. The molecule has 2 aliphatic rings. The predicted octanol–water partition coefficient (Wildman–Crippen LogP) is 1.56. The van der Waals surface area contributed by atoms with E-state index in [9.17, 15) is 14.0 Å². The molecule has 1 atom stereocenters. The highest BCUT2D eigenvalue weighted by Gasteiger charge is 2.37. The third-order valence-corrected chi connectivity index (χ3v) is 4.66. The molecule has 1 aromatic rings. The van der Waals surface area contributed by atoms with Gasteiger partial charge in [-0.25, -0.2) is 4.39 Å². The van der Waals surface area contributed by atoms with Crippen LogP contribution in [0.1, 0.15) is 12.8 Å². The lowest BCUT2D eigenvalue weighted by molar-refractivity contribution is -0.132. The highest BCUT2D eigenvalue weighted by molar-refractivity contribution is 6.09. The lowest BCUT2D eigenvalue weighted by atomic mass is 10.1. The van der Waals surface area contributed by atoms with Gasteiger partial charge in [0.05, 0.1) is 0 Å². The highest BCUT2D eigenvalue weighted by Crippen LogP contribution is 2.25. The van der Waals surface area contributed by atoms with E-state index in [1.54, 1.807) is 17.0 Å². The summed E-state index contributed by atoms with van der Waals surface area (Å²) in [6.45, 7) is 2.87. The first kappa shape index (κ1) is 16.6. The molecule has 24 heavy (non-hydrogen) atoms. The smallest absolute Gasteiger partial charge is 0.239 e. The summed E-state index contributed by atoms with van der Waals surface area (Å²) in [7, 11) is 2.06. The Kier molecular flexibility index (Phi) is 4.94. The zero-order chi connectivity index (χ0) is 17.1. The highest BCUT2D eigenvalue weighted by atomic mass is 19.1. The Morgan fingerprint density at radius 2 is 2.04 bits per heavy atom. The molecule has 2 heterocycles. The lowest BCUT2D eigenvalue weighted by Crippen LogP contribution is -2.38. The van der Waals surface area contributed by atoms with Gasteiger partial charge in [-0.2, -0.15) is 0 Å². The summed E-state index contributed by atoms with van der Waals surface area (Å²) in [5.74, 6) is -1.42. The first-order chi connectivity index (χ1) is 11.5.